The molecule has 3 fully saturated rings. The molecule has 6 aliphatic carbocycles. The van der Waals surface area contributed by atoms with Gasteiger partial charge in [0.05, 0.1) is 19.8 Å². The second-order valence-electron chi connectivity index (χ2n) is 12.6. The maximum atomic E-state index is 5.75. The Labute approximate surface area is 236 Å². The van der Waals surface area contributed by atoms with Gasteiger partial charge in [0.15, 0.2) is 6.73 Å². The first-order valence-corrected chi connectivity index (χ1v) is 15.3. The predicted molar refractivity (Wildman–Crippen MR) is 150 cm³/mol. The Morgan fingerprint density at radius 2 is 1.07 bits per heavy atom. The third-order valence-corrected chi connectivity index (χ3v) is 10.0. The normalized spacial score (nSPS) is 35.9. The van der Waals surface area contributed by atoms with Crippen LogP contribution < -0.4 is 16.3 Å². The van der Waals surface area contributed by atoms with E-state index in [-0.39, 0.29) is 6.73 Å². The molecular formula is C30H42N6O4. The first-order valence-electron chi connectivity index (χ1n) is 15.3. The van der Waals surface area contributed by atoms with Crippen molar-refractivity contribution in [2.24, 2.45) is 53.3 Å². The van der Waals surface area contributed by atoms with Gasteiger partial charge in [0, 0.05) is 0 Å². The summed E-state index contributed by atoms with van der Waals surface area (Å²) in [6, 6.07) is 0. The minimum absolute atomic E-state index is 0.122. The van der Waals surface area contributed by atoms with Crippen LogP contribution in [0.5, 0.6) is 0 Å². The molecule has 40 heavy (non-hydrogen) atoms. The summed E-state index contributed by atoms with van der Waals surface area (Å²) >= 11 is 0. The number of allylic oxidation sites excluding steroid dienone is 6. The minimum Gasteiger partial charge on any atom is -0.328 e. The molecule has 3 saturated carbocycles. The maximum Gasteiger partial charge on any atom is 0.253 e. The number of nitrogens with one attached hydrogen (secondary N) is 3. The van der Waals surface area contributed by atoms with Crippen molar-refractivity contribution in [3.63, 3.8) is 0 Å². The summed E-state index contributed by atoms with van der Waals surface area (Å²) in [5, 5.41) is 3.06. The van der Waals surface area contributed by atoms with Crippen LogP contribution in [0.15, 0.2) is 36.5 Å². The first kappa shape index (κ1) is 26.4. The standard InChI is InChI=1S/C30H42N6O4/c1-4-22-11-19(1)14-25(22)7-9-37-35-29-32-28(31-18-40-39-17-27-16-21-3-6-24(27)13-21)33-30(34-29)36-38-10-8-26-15-20-2-5-23(26)12-20/h1-6,19-27H,7-18H2,(H3,31,32,33,34,35,36). The van der Waals surface area contributed by atoms with Crippen LogP contribution >= 0.6 is 0 Å². The van der Waals surface area contributed by atoms with Gasteiger partial charge in [-0.3, -0.25) is 9.68 Å². The van der Waals surface area contributed by atoms with Gasteiger partial charge in [0.1, 0.15) is 0 Å². The molecule has 9 atom stereocenters. The van der Waals surface area contributed by atoms with Crippen LogP contribution in [-0.4, -0.2) is 41.5 Å². The molecule has 0 spiro atoms. The van der Waals surface area contributed by atoms with Crippen LogP contribution in [0.25, 0.3) is 0 Å². The second-order valence-corrected chi connectivity index (χ2v) is 12.6. The van der Waals surface area contributed by atoms with Crippen LogP contribution in [0, 0.1) is 53.3 Å². The van der Waals surface area contributed by atoms with E-state index in [1.54, 1.807) is 0 Å². The third-order valence-electron chi connectivity index (χ3n) is 10.0. The second kappa shape index (κ2) is 12.1. The largest absolute Gasteiger partial charge is 0.328 e. The molecule has 1 aromatic rings. The Kier molecular flexibility index (Phi) is 8.01. The predicted octanol–water partition coefficient (Wildman–Crippen LogP) is 5.29. The number of fused-ring (bicyclic) bond motifs is 6. The van der Waals surface area contributed by atoms with E-state index < -0.39 is 0 Å². The van der Waals surface area contributed by atoms with Crippen molar-refractivity contribution >= 4 is 17.8 Å². The highest BCUT2D eigenvalue weighted by Crippen LogP contribution is 2.46. The van der Waals surface area contributed by atoms with Crippen LogP contribution in [0.4, 0.5) is 17.8 Å². The lowest BCUT2D eigenvalue weighted by atomic mass is 9.91. The Bertz CT molecular complexity index is 1050. The molecule has 0 aliphatic heterocycles. The van der Waals surface area contributed by atoms with Gasteiger partial charge in [0.2, 0.25) is 5.95 Å². The monoisotopic (exact) mass is 550 g/mol. The van der Waals surface area contributed by atoms with Gasteiger partial charge in [0.25, 0.3) is 11.9 Å². The van der Waals surface area contributed by atoms with Gasteiger partial charge in [-0.25, -0.2) is 20.7 Å². The summed E-state index contributed by atoms with van der Waals surface area (Å²) in [4.78, 5) is 35.7. The molecular weight excluding hydrogens is 508 g/mol. The van der Waals surface area contributed by atoms with E-state index in [9.17, 15) is 0 Å². The highest BCUT2D eigenvalue weighted by molar-refractivity contribution is 5.40. The fourth-order valence-electron chi connectivity index (χ4n) is 8.01. The van der Waals surface area contributed by atoms with Gasteiger partial charge in [-0.1, -0.05) is 36.5 Å². The van der Waals surface area contributed by atoms with E-state index in [1.807, 2.05) is 0 Å². The number of aromatic nitrogens is 3. The molecule has 9 unspecified atom stereocenters. The van der Waals surface area contributed by atoms with E-state index in [1.165, 1.54) is 38.5 Å². The Morgan fingerprint density at radius 1 is 0.575 bits per heavy atom. The fraction of sp³-hybridized carbons (Fsp3) is 0.700. The molecule has 0 radical (unpaired) electrons. The van der Waals surface area contributed by atoms with E-state index >= 15 is 0 Å². The molecule has 216 valence electrons. The molecule has 6 bridgehead atoms. The van der Waals surface area contributed by atoms with Gasteiger partial charge < -0.3 is 5.32 Å². The average molecular weight is 551 g/mol. The highest BCUT2D eigenvalue weighted by atomic mass is 17.2. The van der Waals surface area contributed by atoms with Gasteiger partial charge in [-0.15, -0.1) is 0 Å². The van der Waals surface area contributed by atoms with Crippen molar-refractivity contribution in [2.75, 3.05) is 42.8 Å². The summed E-state index contributed by atoms with van der Waals surface area (Å²) < 4.78 is 0. The fourth-order valence-corrected chi connectivity index (χ4v) is 8.01. The molecule has 0 amide bonds. The number of nitrogens with zero attached hydrogens (tertiary/aromatic N) is 3. The molecule has 1 heterocycles. The minimum atomic E-state index is 0.122. The molecule has 0 aromatic carbocycles. The molecule has 6 aliphatic rings. The van der Waals surface area contributed by atoms with Gasteiger partial charge >= 0.3 is 0 Å². The maximum absolute atomic E-state index is 5.75. The number of hydrogen-bond donors (Lipinski definition) is 3. The van der Waals surface area contributed by atoms with Crippen molar-refractivity contribution in [3.8, 4) is 0 Å². The lowest BCUT2D eigenvalue weighted by Gasteiger charge is -2.18. The van der Waals surface area contributed by atoms with Crippen molar-refractivity contribution in [1.29, 1.82) is 0 Å². The summed E-state index contributed by atoms with van der Waals surface area (Å²) in [6.45, 7) is 1.92. The summed E-state index contributed by atoms with van der Waals surface area (Å²) in [7, 11) is 0. The van der Waals surface area contributed by atoms with Crippen LogP contribution in [0.2, 0.25) is 0 Å². The number of anilines is 3. The van der Waals surface area contributed by atoms with E-state index in [0.717, 1.165) is 30.6 Å². The van der Waals surface area contributed by atoms with Crippen LogP contribution in [-0.2, 0) is 19.5 Å². The lowest BCUT2D eigenvalue weighted by Crippen LogP contribution is -2.18. The summed E-state index contributed by atoms with van der Waals surface area (Å²) in [5.41, 5.74) is 5.80. The van der Waals surface area contributed by atoms with Crippen LogP contribution in [0.1, 0.15) is 51.4 Å². The Balaban J connectivity index is 0.873. The van der Waals surface area contributed by atoms with Crippen molar-refractivity contribution < 1.29 is 19.5 Å². The zero-order chi connectivity index (χ0) is 26.7. The van der Waals surface area contributed by atoms with E-state index in [2.05, 4.69) is 67.7 Å². The number of rotatable bonds is 16. The van der Waals surface area contributed by atoms with Crippen LogP contribution in [0.3, 0.4) is 0 Å². The average Bonchev–Trinajstić information content (AvgIpc) is 3.82. The third kappa shape index (κ3) is 6.20. The Hall–Kier alpha value is -2.53. The molecule has 7 rings (SSSR count). The SMILES string of the molecule is C1=CC2CC1CC2CCONc1nc(NCOOCC2CC3C=CC2C3)nc(NOCCC2CC3C=CC2C3)n1. The van der Waals surface area contributed by atoms with Gasteiger partial charge in [-0.2, -0.15) is 15.0 Å². The first-order chi connectivity index (χ1) is 19.7. The topological polar surface area (TPSA) is 112 Å². The summed E-state index contributed by atoms with van der Waals surface area (Å²) in [6.07, 6.45) is 23.8. The molecule has 0 saturated heterocycles. The summed E-state index contributed by atoms with van der Waals surface area (Å²) in [5.74, 6) is 7.23. The molecule has 3 N–H and O–H groups in total. The lowest BCUT2D eigenvalue weighted by molar-refractivity contribution is -0.297. The van der Waals surface area contributed by atoms with Crippen molar-refractivity contribution in [2.45, 2.75) is 51.4 Å². The van der Waals surface area contributed by atoms with Crippen molar-refractivity contribution in [3.05, 3.63) is 36.5 Å². The smallest absolute Gasteiger partial charge is 0.253 e. The number of hydrogen-bond acceptors (Lipinski definition) is 10. The van der Waals surface area contributed by atoms with Crippen molar-refractivity contribution in [1.82, 2.24) is 15.0 Å². The zero-order valence-electron chi connectivity index (χ0n) is 23.1. The molecule has 1 aromatic heterocycles. The van der Waals surface area contributed by atoms with E-state index in [4.69, 9.17) is 19.5 Å². The quantitative estimate of drug-likeness (QED) is 0.0825. The molecule has 10 heteroatoms. The zero-order valence-corrected chi connectivity index (χ0v) is 23.1. The van der Waals surface area contributed by atoms with Gasteiger partial charge in [-0.05, 0) is 105 Å². The van der Waals surface area contributed by atoms with E-state index in [0.29, 0.717) is 73.2 Å². The highest BCUT2D eigenvalue weighted by Gasteiger charge is 2.37. The molecule has 10 nitrogen and oxygen atoms in total. The Morgan fingerprint density at radius 3 is 1.55 bits per heavy atom.